The van der Waals surface area contributed by atoms with E-state index in [4.69, 9.17) is 16.4 Å². The average molecular weight is 315 g/mol. The van der Waals surface area contributed by atoms with E-state index in [9.17, 15) is 4.79 Å². The van der Waals surface area contributed by atoms with Crippen LogP contribution in [0.4, 0.5) is 10.5 Å². The van der Waals surface area contributed by atoms with Crippen molar-refractivity contribution in [3.8, 4) is 0 Å². The molecule has 0 unspecified atom stereocenters. The monoisotopic (exact) mass is 314 g/mol. The molecule has 5 heteroatoms. The largest absolute Gasteiger partial charge is 0.440 e. The van der Waals surface area contributed by atoms with Crippen molar-refractivity contribution in [1.29, 1.82) is 0 Å². The summed E-state index contributed by atoms with van der Waals surface area (Å²) in [6.45, 7) is 0.636. The van der Waals surface area contributed by atoms with E-state index in [2.05, 4.69) is 5.16 Å². The number of hydrogen-bond acceptors (Lipinski definition) is 3. The Hall–Kier alpha value is -2.33. The van der Waals surface area contributed by atoms with Crippen LogP contribution >= 0.6 is 11.6 Å². The number of anilines is 1. The summed E-state index contributed by atoms with van der Waals surface area (Å²) in [5, 5.41) is 4.31. The van der Waals surface area contributed by atoms with E-state index < -0.39 is 6.09 Å². The smallest absolute Gasteiger partial charge is 0.298 e. The molecule has 0 N–H and O–H groups in total. The Kier molecular flexibility index (Phi) is 4.39. The Bertz CT molecular complexity index is 715. The summed E-state index contributed by atoms with van der Waals surface area (Å²) >= 11 is 6.01. The van der Waals surface area contributed by atoms with Gasteiger partial charge in [-0.05, 0) is 30.5 Å². The van der Waals surface area contributed by atoms with Crippen molar-refractivity contribution in [3.05, 3.63) is 64.7 Å². The fourth-order valence-corrected chi connectivity index (χ4v) is 2.67. The highest BCUT2D eigenvalue weighted by atomic mass is 35.5. The number of fused-ring (bicyclic) bond motifs is 1. The molecule has 0 atom stereocenters. The molecule has 112 valence electrons. The summed E-state index contributed by atoms with van der Waals surface area (Å²) in [4.78, 5) is 18.8. The van der Waals surface area contributed by atoms with Gasteiger partial charge in [-0.3, -0.25) is 9.74 Å². The summed E-state index contributed by atoms with van der Waals surface area (Å²) < 4.78 is 0. The van der Waals surface area contributed by atoms with Crippen molar-refractivity contribution in [2.45, 2.75) is 12.8 Å². The van der Waals surface area contributed by atoms with Crippen LogP contribution in [0.2, 0.25) is 5.02 Å². The van der Waals surface area contributed by atoms with Crippen molar-refractivity contribution < 1.29 is 9.63 Å². The maximum Gasteiger partial charge on any atom is 0.440 e. The van der Waals surface area contributed by atoms with Gasteiger partial charge in [-0.2, -0.15) is 0 Å². The van der Waals surface area contributed by atoms with Gasteiger partial charge in [0.1, 0.15) is 0 Å². The topological polar surface area (TPSA) is 41.9 Å². The molecule has 3 rings (SSSR count). The van der Waals surface area contributed by atoms with Gasteiger partial charge in [0.25, 0.3) is 0 Å². The number of carbonyl (C=O) groups is 1. The second-order valence-corrected chi connectivity index (χ2v) is 5.40. The zero-order valence-corrected chi connectivity index (χ0v) is 12.7. The van der Waals surface area contributed by atoms with E-state index in [0.29, 0.717) is 17.1 Å². The first kappa shape index (κ1) is 14.6. The maximum absolute atomic E-state index is 12.2. The molecule has 0 aromatic heterocycles. The molecule has 0 spiro atoms. The molecule has 1 heterocycles. The first-order valence-corrected chi connectivity index (χ1v) is 7.48. The van der Waals surface area contributed by atoms with Crippen LogP contribution < -0.4 is 4.90 Å². The van der Waals surface area contributed by atoms with Gasteiger partial charge >= 0.3 is 6.09 Å². The number of oxime groups is 1. The van der Waals surface area contributed by atoms with E-state index >= 15 is 0 Å². The number of benzene rings is 2. The summed E-state index contributed by atoms with van der Waals surface area (Å²) in [5.41, 5.74) is 2.75. The lowest BCUT2D eigenvalue weighted by molar-refractivity contribution is 0.158. The van der Waals surface area contributed by atoms with E-state index in [1.165, 1.54) is 6.21 Å². The van der Waals surface area contributed by atoms with Crippen molar-refractivity contribution in [2.75, 3.05) is 11.4 Å². The van der Waals surface area contributed by atoms with Crippen LogP contribution in [0.3, 0.4) is 0 Å². The number of hydrogen-bond donors (Lipinski definition) is 0. The molecule has 2 aromatic rings. The molecule has 1 aliphatic rings. The van der Waals surface area contributed by atoms with Gasteiger partial charge in [-0.15, -0.1) is 0 Å². The summed E-state index contributed by atoms with van der Waals surface area (Å²) in [6.07, 6.45) is 2.86. The molecule has 22 heavy (non-hydrogen) atoms. The van der Waals surface area contributed by atoms with Crippen molar-refractivity contribution in [3.63, 3.8) is 0 Å². The number of halogens is 1. The quantitative estimate of drug-likeness (QED) is 0.472. The van der Waals surface area contributed by atoms with Crippen LogP contribution in [-0.4, -0.2) is 18.9 Å². The number of amides is 1. The first-order valence-electron chi connectivity index (χ1n) is 7.10. The van der Waals surface area contributed by atoms with Gasteiger partial charge in [0.05, 0.1) is 11.9 Å². The van der Waals surface area contributed by atoms with E-state index in [1.54, 1.807) is 17.0 Å². The minimum absolute atomic E-state index is 0.476. The molecule has 4 nitrogen and oxygen atoms in total. The normalized spacial score (nSPS) is 14.0. The number of rotatable bonds is 2. The standard InChI is InChI=1S/C17H15ClN2O2/c18-15-9-3-1-7-14(15)12-19-22-17(21)20-11-5-8-13-6-2-4-10-16(13)20/h1-4,6-7,9-10,12H,5,8,11H2. The van der Waals surface area contributed by atoms with Crippen LogP contribution in [0.1, 0.15) is 17.5 Å². The SMILES string of the molecule is O=C(ON=Cc1ccccc1Cl)N1CCCc2ccccc21. The molecule has 1 amide bonds. The Morgan fingerprint density at radius 1 is 1.18 bits per heavy atom. The minimum atomic E-state index is -0.476. The highest BCUT2D eigenvalue weighted by molar-refractivity contribution is 6.33. The lowest BCUT2D eigenvalue weighted by Crippen LogP contribution is -2.35. The van der Waals surface area contributed by atoms with Crippen molar-refractivity contribution in [1.82, 2.24) is 0 Å². The third-order valence-corrected chi connectivity index (χ3v) is 3.90. The second-order valence-electron chi connectivity index (χ2n) is 5.00. The lowest BCUT2D eigenvalue weighted by Gasteiger charge is -2.27. The van der Waals surface area contributed by atoms with Gasteiger partial charge in [0, 0.05) is 17.1 Å². The molecule has 1 aliphatic heterocycles. The predicted octanol–water partition coefficient (Wildman–Crippen LogP) is 4.26. The Morgan fingerprint density at radius 3 is 2.82 bits per heavy atom. The van der Waals surface area contributed by atoms with Gasteiger partial charge in [0.2, 0.25) is 0 Å². The van der Waals surface area contributed by atoms with Crippen LogP contribution in [0, 0.1) is 0 Å². The van der Waals surface area contributed by atoms with Crippen LogP contribution in [0.15, 0.2) is 53.7 Å². The zero-order valence-electron chi connectivity index (χ0n) is 11.9. The van der Waals surface area contributed by atoms with E-state index in [-0.39, 0.29) is 0 Å². The summed E-state index contributed by atoms with van der Waals surface area (Å²) in [5.74, 6) is 0. The minimum Gasteiger partial charge on any atom is -0.298 e. The first-order chi connectivity index (χ1) is 10.8. The van der Waals surface area contributed by atoms with Gasteiger partial charge in [0.15, 0.2) is 0 Å². The number of nitrogens with zero attached hydrogens (tertiary/aromatic N) is 2. The number of para-hydroxylation sites is 1. The zero-order chi connectivity index (χ0) is 15.4. The lowest BCUT2D eigenvalue weighted by atomic mass is 10.0. The van der Waals surface area contributed by atoms with Crippen molar-refractivity contribution in [2.24, 2.45) is 5.16 Å². The molecule has 0 radical (unpaired) electrons. The molecule has 0 bridgehead atoms. The molecule has 0 saturated carbocycles. The summed E-state index contributed by atoms with van der Waals surface area (Å²) in [6, 6.07) is 15.1. The molecule has 0 fully saturated rings. The Balaban J connectivity index is 1.70. The van der Waals surface area contributed by atoms with Gasteiger partial charge < -0.3 is 0 Å². The fraction of sp³-hybridized carbons (Fsp3) is 0.176. The van der Waals surface area contributed by atoms with E-state index in [0.717, 1.165) is 24.1 Å². The third-order valence-electron chi connectivity index (χ3n) is 3.56. The number of aryl methyl sites for hydroxylation is 1. The average Bonchev–Trinajstić information content (AvgIpc) is 2.56. The van der Waals surface area contributed by atoms with Crippen LogP contribution in [0.25, 0.3) is 0 Å². The highest BCUT2D eigenvalue weighted by Gasteiger charge is 2.23. The van der Waals surface area contributed by atoms with Gasteiger partial charge in [-0.1, -0.05) is 53.2 Å². The highest BCUT2D eigenvalue weighted by Crippen LogP contribution is 2.27. The van der Waals surface area contributed by atoms with Gasteiger partial charge in [-0.25, -0.2) is 4.79 Å². The fourth-order valence-electron chi connectivity index (χ4n) is 2.48. The van der Waals surface area contributed by atoms with E-state index in [1.807, 2.05) is 36.4 Å². The molecule has 0 saturated heterocycles. The predicted molar refractivity (Wildman–Crippen MR) is 87.6 cm³/mol. The molecular weight excluding hydrogens is 300 g/mol. The molecule has 2 aromatic carbocycles. The van der Waals surface area contributed by atoms with Crippen molar-refractivity contribution >= 4 is 29.6 Å². The van der Waals surface area contributed by atoms with Crippen LogP contribution in [-0.2, 0) is 11.3 Å². The Labute approximate surface area is 133 Å². The number of carbonyl (C=O) groups excluding carboxylic acids is 1. The third kappa shape index (κ3) is 3.12. The van der Waals surface area contributed by atoms with Crippen LogP contribution in [0.5, 0.6) is 0 Å². The Morgan fingerprint density at radius 2 is 1.95 bits per heavy atom. The molecular formula is C17H15ClN2O2. The maximum atomic E-state index is 12.2. The molecule has 0 aliphatic carbocycles. The summed E-state index contributed by atoms with van der Waals surface area (Å²) in [7, 11) is 0. The second kappa shape index (κ2) is 6.62.